The molecule has 1 unspecified atom stereocenters. The molecule has 3 nitrogen and oxygen atoms in total. The van der Waals surface area contributed by atoms with E-state index in [1.807, 2.05) is 6.20 Å². The molecule has 1 N–H and O–H groups in total. The van der Waals surface area contributed by atoms with Crippen LogP contribution in [0.5, 0.6) is 0 Å². The lowest BCUT2D eigenvalue weighted by atomic mass is 9.85. The summed E-state index contributed by atoms with van der Waals surface area (Å²) in [5.41, 5.74) is 0. The van der Waals surface area contributed by atoms with Gasteiger partial charge < -0.3 is 9.88 Å². The van der Waals surface area contributed by atoms with Gasteiger partial charge in [0.15, 0.2) is 0 Å². The van der Waals surface area contributed by atoms with Crippen molar-refractivity contribution in [2.75, 3.05) is 7.05 Å². The largest absolute Gasteiger partial charge is 0.334 e. The molecule has 1 aliphatic rings. The molecule has 0 spiro atoms. The first-order valence-electron chi connectivity index (χ1n) is 7.53. The molecule has 1 atom stereocenters. The fourth-order valence-corrected chi connectivity index (χ4v) is 3.18. The Balaban J connectivity index is 1.88. The molecule has 3 heteroatoms. The Hall–Kier alpha value is -0.830. The first-order valence-corrected chi connectivity index (χ1v) is 7.53. The predicted molar refractivity (Wildman–Crippen MR) is 75.5 cm³/mol. The summed E-state index contributed by atoms with van der Waals surface area (Å²) in [5.74, 6) is 2.16. The maximum atomic E-state index is 4.52. The van der Waals surface area contributed by atoms with E-state index in [1.54, 1.807) is 0 Å². The smallest absolute Gasteiger partial charge is 0.125 e. The highest BCUT2D eigenvalue weighted by atomic mass is 15.1. The van der Waals surface area contributed by atoms with Gasteiger partial charge in [-0.05, 0) is 32.7 Å². The fourth-order valence-electron chi connectivity index (χ4n) is 3.18. The van der Waals surface area contributed by atoms with Gasteiger partial charge in [0.1, 0.15) is 5.82 Å². The minimum Gasteiger partial charge on any atom is -0.334 e. The van der Waals surface area contributed by atoms with Crippen molar-refractivity contribution in [3.63, 3.8) is 0 Å². The van der Waals surface area contributed by atoms with Gasteiger partial charge in [0.25, 0.3) is 0 Å². The van der Waals surface area contributed by atoms with Crippen molar-refractivity contribution in [2.45, 2.75) is 64.5 Å². The van der Waals surface area contributed by atoms with Gasteiger partial charge >= 0.3 is 0 Å². The van der Waals surface area contributed by atoms with Gasteiger partial charge in [-0.15, -0.1) is 0 Å². The molecule has 1 fully saturated rings. The summed E-state index contributed by atoms with van der Waals surface area (Å²) in [6, 6.07) is 0.418. The van der Waals surface area contributed by atoms with E-state index in [0.717, 1.165) is 12.5 Å². The highest BCUT2D eigenvalue weighted by Crippen LogP contribution is 2.29. The van der Waals surface area contributed by atoms with Crippen molar-refractivity contribution < 1.29 is 0 Å². The Morgan fingerprint density at radius 2 is 2.17 bits per heavy atom. The zero-order valence-corrected chi connectivity index (χ0v) is 11.9. The maximum absolute atomic E-state index is 4.52. The minimum absolute atomic E-state index is 0.418. The lowest BCUT2D eigenvalue weighted by molar-refractivity contribution is 0.313. The van der Waals surface area contributed by atoms with E-state index in [4.69, 9.17) is 0 Å². The molecular formula is C15H27N3. The molecule has 0 radical (unpaired) electrons. The third-order valence-electron chi connectivity index (χ3n) is 4.34. The molecule has 1 aromatic rings. The van der Waals surface area contributed by atoms with Crippen molar-refractivity contribution in [3.05, 3.63) is 18.2 Å². The molecule has 0 amide bonds. The standard InChI is InChI=1S/C15H27N3/c1-3-18-12-11-17-15(18)14(16-2)10-9-13-7-5-4-6-8-13/h11-14,16H,3-10H2,1-2H3. The van der Waals surface area contributed by atoms with Gasteiger partial charge in [0.05, 0.1) is 6.04 Å². The third kappa shape index (κ3) is 3.35. The van der Waals surface area contributed by atoms with Crippen LogP contribution in [0.1, 0.15) is 63.7 Å². The second-order valence-electron chi connectivity index (χ2n) is 5.49. The fraction of sp³-hybridized carbons (Fsp3) is 0.800. The lowest BCUT2D eigenvalue weighted by Gasteiger charge is -2.24. The van der Waals surface area contributed by atoms with Crippen molar-refractivity contribution in [1.82, 2.24) is 14.9 Å². The minimum atomic E-state index is 0.418. The lowest BCUT2D eigenvalue weighted by Crippen LogP contribution is -2.22. The van der Waals surface area contributed by atoms with Gasteiger partial charge in [-0.25, -0.2) is 4.98 Å². The summed E-state index contributed by atoms with van der Waals surface area (Å²) in [5, 5.41) is 3.44. The highest BCUT2D eigenvalue weighted by molar-refractivity contribution is 4.99. The summed E-state index contributed by atoms with van der Waals surface area (Å²) in [4.78, 5) is 4.52. The number of aryl methyl sites for hydroxylation is 1. The summed E-state index contributed by atoms with van der Waals surface area (Å²) < 4.78 is 2.25. The number of hydrogen-bond acceptors (Lipinski definition) is 2. The van der Waals surface area contributed by atoms with E-state index >= 15 is 0 Å². The quantitative estimate of drug-likeness (QED) is 0.836. The van der Waals surface area contributed by atoms with Gasteiger partial charge in [-0.2, -0.15) is 0 Å². The monoisotopic (exact) mass is 249 g/mol. The van der Waals surface area contributed by atoms with Crippen LogP contribution in [0, 0.1) is 5.92 Å². The number of hydrogen-bond donors (Lipinski definition) is 1. The predicted octanol–water partition coefficient (Wildman–Crippen LogP) is 3.52. The zero-order chi connectivity index (χ0) is 12.8. The van der Waals surface area contributed by atoms with Crippen molar-refractivity contribution in [1.29, 1.82) is 0 Å². The molecule has 1 saturated carbocycles. The molecule has 0 saturated heterocycles. The number of nitrogens with one attached hydrogen (secondary N) is 1. The molecule has 2 rings (SSSR count). The first kappa shape index (κ1) is 13.6. The van der Waals surface area contributed by atoms with E-state index in [9.17, 15) is 0 Å². The van der Waals surface area contributed by atoms with Gasteiger partial charge in [0.2, 0.25) is 0 Å². The molecule has 0 aliphatic heterocycles. The average molecular weight is 249 g/mol. The van der Waals surface area contributed by atoms with E-state index < -0.39 is 0 Å². The third-order valence-corrected chi connectivity index (χ3v) is 4.34. The first-order chi connectivity index (χ1) is 8.85. The van der Waals surface area contributed by atoms with Gasteiger partial charge in [-0.1, -0.05) is 32.1 Å². The van der Waals surface area contributed by atoms with E-state index in [-0.39, 0.29) is 0 Å². The van der Waals surface area contributed by atoms with Crippen LogP contribution in [-0.2, 0) is 6.54 Å². The Morgan fingerprint density at radius 1 is 1.39 bits per heavy atom. The van der Waals surface area contributed by atoms with Crippen LogP contribution in [0.25, 0.3) is 0 Å². The van der Waals surface area contributed by atoms with Gasteiger partial charge in [0, 0.05) is 18.9 Å². The summed E-state index contributed by atoms with van der Waals surface area (Å²) in [6.45, 7) is 3.19. The number of imidazole rings is 1. The zero-order valence-electron chi connectivity index (χ0n) is 11.9. The number of rotatable bonds is 6. The summed E-state index contributed by atoms with van der Waals surface area (Å²) in [7, 11) is 2.06. The molecule has 18 heavy (non-hydrogen) atoms. The maximum Gasteiger partial charge on any atom is 0.125 e. The molecule has 0 aromatic carbocycles. The Bertz CT molecular complexity index is 339. The second kappa shape index (κ2) is 6.93. The van der Waals surface area contributed by atoms with Crippen molar-refractivity contribution in [3.8, 4) is 0 Å². The van der Waals surface area contributed by atoms with Gasteiger partial charge in [-0.3, -0.25) is 0 Å². The van der Waals surface area contributed by atoms with Crippen LogP contribution < -0.4 is 5.32 Å². The molecule has 1 heterocycles. The van der Waals surface area contributed by atoms with Crippen molar-refractivity contribution in [2.24, 2.45) is 5.92 Å². The molecule has 0 bridgehead atoms. The van der Waals surface area contributed by atoms with E-state index in [1.165, 1.54) is 50.8 Å². The molecule has 1 aromatic heterocycles. The van der Waals surface area contributed by atoms with Crippen LogP contribution in [-0.4, -0.2) is 16.6 Å². The van der Waals surface area contributed by atoms with E-state index in [0.29, 0.717) is 6.04 Å². The van der Waals surface area contributed by atoms with Crippen molar-refractivity contribution >= 4 is 0 Å². The molecule has 1 aliphatic carbocycles. The van der Waals surface area contributed by atoms with Crippen LogP contribution >= 0.6 is 0 Å². The summed E-state index contributed by atoms with van der Waals surface area (Å²) >= 11 is 0. The Labute approximate surface area is 111 Å². The van der Waals surface area contributed by atoms with Crippen LogP contribution in [0.15, 0.2) is 12.4 Å². The molecule has 102 valence electrons. The number of nitrogens with zero attached hydrogens (tertiary/aromatic N) is 2. The normalized spacial score (nSPS) is 19.0. The molecular weight excluding hydrogens is 222 g/mol. The number of aromatic nitrogens is 2. The SMILES string of the molecule is CCn1ccnc1C(CCC1CCCCC1)NC. The highest BCUT2D eigenvalue weighted by Gasteiger charge is 2.18. The summed E-state index contributed by atoms with van der Waals surface area (Å²) in [6.07, 6.45) is 13.8. The van der Waals surface area contributed by atoms with Crippen LogP contribution in [0.2, 0.25) is 0 Å². The Kier molecular flexibility index (Phi) is 5.24. The van der Waals surface area contributed by atoms with Crippen LogP contribution in [0.4, 0.5) is 0 Å². The van der Waals surface area contributed by atoms with E-state index in [2.05, 4.69) is 35.0 Å². The average Bonchev–Trinajstić information content (AvgIpc) is 2.89. The topological polar surface area (TPSA) is 29.9 Å². The Morgan fingerprint density at radius 3 is 2.83 bits per heavy atom. The van der Waals surface area contributed by atoms with Crippen LogP contribution in [0.3, 0.4) is 0 Å². The second-order valence-corrected chi connectivity index (χ2v) is 5.49.